The Bertz CT molecular complexity index is 758. The Kier molecular flexibility index (Phi) is 5.53. The number of nitrogens with one attached hydrogen (secondary N) is 2. The molecule has 2 amide bonds. The van der Waals surface area contributed by atoms with Crippen LogP contribution in [0.25, 0.3) is 0 Å². The zero-order chi connectivity index (χ0) is 19.7. The van der Waals surface area contributed by atoms with Crippen molar-refractivity contribution in [3.8, 4) is 0 Å². The van der Waals surface area contributed by atoms with Crippen molar-refractivity contribution < 1.29 is 9.59 Å². The van der Waals surface area contributed by atoms with Gasteiger partial charge in [0.05, 0.1) is 11.8 Å². The minimum atomic E-state index is -0.0940. The molecule has 28 heavy (non-hydrogen) atoms. The molecule has 1 aliphatic heterocycles. The van der Waals surface area contributed by atoms with Gasteiger partial charge < -0.3 is 10.6 Å². The highest BCUT2D eigenvalue weighted by Crippen LogP contribution is 2.52. The molecule has 1 saturated heterocycles. The number of thiophene rings is 1. The Morgan fingerprint density at radius 1 is 1.25 bits per heavy atom. The molecule has 2 fully saturated rings. The highest BCUT2D eigenvalue weighted by Gasteiger charge is 2.58. The summed E-state index contributed by atoms with van der Waals surface area (Å²) in [4.78, 5) is 31.1. The van der Waals surface area contributed by atoms with Crippen molar-refractivity contribution in [3.05, 3.63) is 34.5 Å². The minimum Gasteiger partial charge on any atom is -0.356 e. The van der Waals surface area contributed by atoms with Crippen LogP contribution < -0.4 is 10.6 Å². The van der Waals surface area contributed by atoms with E-state index in [0.717, 1.165) is 25.3 Å². The number of likely N-dealkylation sites (tertiary alicyclic amines) is 1. The number of fused-ring (bicyclic) bond motifs is 5. The Balaban J connectivity index is 1.20. The summed E-state index contributed by atoms with van der Waals surface area (Å²) in [7, 11) is 1.75. The van der Waals surface area contributed by atoms with Crippen molar-refractivity contribution in [2.45, 2.75) is 25.7 Å². The molecule has 150 valence electrons. The molecule has 0 spiro atoms. The van der Waals surface area contributed by atoms with Crippen LogP contribution in [0.15, 0.2) is 34.0 Å². The van der Waals surface area contributed by atoms with Crippen LogP contribution in [-0.4, -0.2) is 49.4 Å². The highest BCUT2D eigenvalue weighted by atomic mass is 32.1. The second-order valence-corrected chi connectivity index (χ2v) is 8.80. The van der Waals surface area contributed by atoms with Gasteiger partial charge in [0.15, 0.2) is 5.96 Å². The molecule has 1 saturated carbocycles. The third-order valence-corrected chi connectivity index (χ3v) is 7.03. The van der Waals surface area contributed by atoms with Gasteiger partial charge in [0.2, 0.25) is 11.8 Å². The molecule has 2 aliphatic carbocycles. The Hall–Kier alpha value is -2.15. The summed E-state index contributed by atoms with van der Waals surface area (Å²) in [6.07, 6.45) is 5.97. The number of guanidine groups is 1. The largest absolute Gasteiger partial charge is 0.356 e. The Labute approximate surface area is 170 Å². The first-order valence-corrected chi connectivity index (χ1v) is 11.0. The molecule has 2 heterocycles. The molecule has 5 atom stereocenters. The molecule has 4 rings (SSSR count). The van der Waals surface area contributed by atoms with E-state index < -0.39 is 0 Å². The summed E-state index contributed by atoms with van der Waals surface area (Å²) >= 11 is 1.71. The highest BCUT2D eigenvalue weighted by molar-refractivity contribution is 7.07. The lowest BCUT2D eigenvalue weighted by atomic mass is 9.85. The lowest BCUT2D eigenvalue weighted by Crippen LogP contribution is -2.41. The number of allylic oxidation sites excluding steroid dienone is 2. The third kappa shape index (κ3) is 3.48. The molecule has 2 bridgehead atoms. The number of carbonyl (C=O) groups excluding carboxylic acids is 2. The zero-order valence-corrected chi connectivity index (χ0v) is 17.2. The molecule has 1 aromatic heterocycles. The van der Waals surface area contributed by atoms with E-state index in [1.165, 1.54) is 10.5 Å². The molecule has 2 N–H and O–H groups in total. The van der Waals surface area contributed by atoms with E-state index in [1.54, 1.807) is 18.4 Å². The van der Waals surface area contributed by atoms with Crippen LogP contribution in [0, 0.1) is 23.7 Å². The fraction of sp³-hybridized carbons (Fsp3) is 0.571. The van der Waals surface area contributed by atoms with Gasteiger partial charge in [-0.25, -0.2) is 0 Å². The summed E-state index contributed by atoms with van der Waals surface area (Å²) in [5.41, 5.74) is 1.33. The van der Waals surface area contributed by atoms with Crippen molar-refractivity contribution in [1.29, 1.82) is 0 Å². The quantitative estimate of drug-likeness (QED) is 0.242. The van der Waals surface area contributed by atoms with E-state index in [2.05, 4.69) is 51.5 Å². The van der Waals surface area contributed by atoms with Crippen molar-refractivity contribution in [2.75, 3.05) is 26.7 Å². The molecule has 0 aromatic carbocycles. The van der Waals surface area contributed by atoms with Crippen LogP contribution >= 0.6 is 11.3 Å². The molecular formula is C21H28N4O2S. The van der Waals surface area contributed by atoms with Gasteiger partial charge in [-0.15, -0.1) is 0 Å². The number of rotatable bonds is 7. The van der Waals surface area contributed by atoms with Gasteiger partial charge in [0.1, 0.15) is 0 Å². The van der Waals surface area contributed by atoms with Crippen molar-refractivity contribution in [1.82, 2.24) is 15.5 Å². The van der Waals surface area contributed by atoms with Gasteiger partial charge in [-0.05, 0) is 53.0 Å². The first-order valence-electron chi connectivity index (χ1n) is 10.1. The predicted molar refractivity (Wildman–Crippen MR) is 111 cm³/mol. The van der Waals surface area contributed by atoms with Crippen LogP contribution in [0.3, 0.4) is 0 Å². The molecule has 7 heteroatoms. The molecule has 5 unspecified atom stereocenters. The SMILES string of the molecule is CN=C(NCCCN1C(=O)C2C3C=CC(C3)C2C1=O)NCC(C)c1ccsc1. The fourth-order valence-corrected chi connectivity index (χ4v) is 5.55. The van der Waals surface area contributed by atoms with E-state index in [0.29, 0.717) is 19.0 Å². The van der Waals surface area contributed by atoms with Crippen molar-refractivity contribution >= 4 is 29.1 Å². The summed E-state index contributed by atoms with van der Waals surface area (Å²) in [5.74, 6) is 1.61. The normalized spacial score (nSPS) is 29.5. The summed E-state index contributed by atoms with van der Waals surface area (Å²) < 4.78 is 0. The first kappa shape index (κ1) is 19.2. The molecule has 6 nitrogen and oxygen atoms in total. The number of hydrogen-bond donors (Lipinski definition) is 2. The first-order chi connectivity index (χ1) is 13.6. The van der Waals surface area contributed by atoms with E-state index >= 15 is 0 Å². The van der Waals surface area contributed by atoms with Gasteiger partial charge in [0, 0.05) is 26.7 Å². The van der Waals surface area contributed by atoms with E-state index in [-0.39, 0.29) is 35.5 Å². The number of nitrogens with zero attached hydrogens (tertiary/aromatic N) is 2. The summed E-state index contributed by atoms with van der Waals surface area (Å²) in [6.45, 7) is 4.15. The second-order valence-electron chi connectivity index (χ2n) is 8.02. The average molecular weight is 401 g/mol. The van der Waals surface area contributed by atoms with Gasteiger partial charge in [-0.1, -0.05) is 19.1 Å². The van der Waals surface area contributed by atoms with Crippen molar-refractivity contribution in [3.63, 3.8) is 0 Å². The maximum Gasteiger partial charge on any atom is 0.233 e. The molecular weight excluding hydrogens is 372 g/mol. The number of imide groups is 1. The topological polar surface area (TPSA) is 73.8 Å². The number of carbonyl (C=O) groups is 2. The van der Waals surface area contributed by atoms with Gasteiger partial charge in [-0.3, -0.25) is 19.5 Å². The van der Waals surface area contributed by atoms with Crippen molar-refractivity contribution in [2.24, 2.45) is 28.7 Å². The van der Waals surface area contributed by atoms with Crippen LogP contribution in [-0.2, 0) is 9.59 Å². The van der Waals surface area contributed by atoms with Gasteiger partial charge in [-0.2, -0.15) is 11.3 Å². The minimum absolute atomic E-state index is 0.0407. The van der Waals surface area contributed by atoms with E-state index in [4.69, 9.17) is 0 Å². The van der Waals surface area contributed by atoms with Crippen LogP contribution in [0.4, 0.5) is 0 Å². The zero-order valence-electron chi connectivity index (χ0n) is 16.4. The lowest BCUT2D eigenvalue weighted by molar-refractivity contribution is -0.140. The number of aliphatic imine (C=N–C) groups is 1. The Morgan fingerprint density at radius 3 is 2.57 bits per heavy atom. The van der Waals surface area contributed by atoms with Crippen LogP contribution in [0.1, 0.15) is 31.2 Å². The van der Waals surface area contributed by atoms with Crippen LogP contribution in [0.2, 0.25) is 0 Å². The number of hydrogen-bond acceptors (Lipinski definition) is 4. The average Bonchev–Trinajstić information content (AvgIpc) is 3.47. The second kappa shape index (κ2) is 8.07. The lowest BCUT2D eigenvalue weighted by Gasteiger charge is -2.18. The maximum absolute atomic E-state index is 12.7. The summed E-state index contributed by atoms with van der Waals surface area (Å²) in [5, 5.41) is 10.9. The van der Waals surface area contributed by atoms with Crippen LogP contribution in [0.5, 0.6) is 0 Å². The molecule has 1 aromatic rings. The monoisotopic (exact) mass is 400 g/mol. The predicted octanol–water partition coefficient (Wildman–Crippen LogP) is 2.21. The van der Waals surface area contributed by atoms with Gasteiger partial charge >= 0.3 is 0 Å². The third-order valence-electron chi connectivity index (χ3n) is 6.32. The Morgan fingerprint density at radius 2 is 1.96 bits per heavy atom. The molecule has 0 radical (unpaired) electrons. The smallest absolute Gasteiger partial charge is 0.233 e. The summed E-state index contributed by atoms with van der Waals surface area (Å²) in [6, 6.07) is 2.15. The maximum atomic E-state index is 12.7. The van der Waals surface area contributed by atoms with Gasteiger partial charge in [0.25, 0.3) is 0 Å². The van der Waals surface area contributed by atoms with E-state index in [1.807, 2.05) is 0 Å². The molecule has 3 aliphatic rings. The standard InChI is InChI=1S/C21H28N4O2S/c1-13(16-6-9-28-12-16)11-24-21(22-2)23-7-3-8-25-19(26)17-14-4-5-15(10-14)18(17)20(25)27/h4-6,9,12-15,17-18H,3,7-8,10-11H2,1-2H3,(H2,22,23,24). The fourth-order valence-electron chi connectivity index (χ4n) is 4.77. The number of amides is 2. The van der Waals surface area contributed by atoms with E-state index in [9.17, 15) is 9.59 Å².